The first kappa shape index (κ1) is 13.5. The first-order valence-electron chi connectivity index (χ1n) is 7.31. The maximum atomic E-state index is 2.54. The van der Waals surface area contributed by atoms with Gasteiger partial charge in [-0.3, -0.25) is 0 Å². The lowest BCUT2D eigenvalue weighted by molar-refractivity contribution is 0.927. The van der Waals surface area contributed by atoms with Crippen molar-refractivity contribution in [2.75, 3.05) is 0 Å². The molecule has 0 aliphatic rings. The summed E-state index contributed by atoms with van der Waals surface area (Å²) in [6.07, 6.45) is 2.34. The third kappa shape index (κ3) is 2.00. The van der Waals surface area contributed by atoms with Crippen LogP contribution in [0.1, 0.15) is 18.9 Å². The van der Waals surface area contributed by atoms with Gasteiger partial charge in [0, 0.05) is 29.1 Å². The van der Waals surface area contributed by atoms with Gasteiger partial charge in [-0.1, -0.05) is 55.8 Å². The van der Waals surface area contributed by atoms with Crippen LogP contribution in [0.25, 0.3) is 30.9 Å². The molecule has 0 nitrogen and oxygen atoms in total. The lowest BCUT2D eigenvalue weighted by Crippen LogP contribution is -1.92. The molecule has 0 unspecified atom stereocenters. The van der Waals surface area contributed by atoms with Crippen LogP contribution in [-0.4, -0.2) is 0 Å². The molecule has 4 rings (SSSR count). The molecule has 0 spiro atoms. The Morgan fingerprint density at radius 2 is 1.57 bits per heavy atom. The van der Waals surface area contributed by atoms with Gasteiger partial charge in [0.2, 0.25) is 0 Å². The van der Waals surface area contributed by atoms with E-state index in [2.05, 4.69) is 78.0 Å². The van der Waals surface area contributed by atoms with Gasteiger partial charge in [0.15, 0.2) is 0 Å². The molecular formula is C19H15IS. The first-order valence-corrected chi connectivity index (χ1v) is 9.21. The summed E-state index contributed by atoms with van der Waals surface area (Å²) in [6.45, 7) is 2.27. The minimum Gasteiger partial charge on any atom is -0.135 e. The smallest absolute Gasteiger partial charge is 0.0437 e. The van der Waals surface area contributed by atoms with Gasteiger partial charge < -0.3 is 0 Å². The third-order valence-corrected chi connectivity index (χ3v) is 6.51. The van der Waals surface area contributed by atoms with Gasteiger partial charge in [-0.2, -0.15) is 0 Å². The van der Waals surface area contributed by atoms with E-state index in [4.69, 9.17) is 0 Å². The fraction of sp³-hybridized carbons (Fsp3) is 0.158. The summed E-state index contributed by atoms with van der Waals surface area (Å²) in [6, 6.07) is 17.7. The molecular weight excluding hydrogens is 387 g/mol. The Balaban J connectivity index is 2.32. The SMILES string of the molecule is CCCc1c(I)c2ccccc2c2sc3ccccc3c12. The van der Waals surface area contributed by atoms with Crippen molar-refractivity contribution in [2.24, 2.45) is 0 Å². The minimum absolute atomic E-state index is 1.15. The Hall–Kier alpha value is -1.13. The van der Waals surface area contributed by atoms with E-state index >= 15 is 0 Å². The zero-order valence-electron chi connectivity index (χ0n) is 11.8. The maximum absolute atomic E-state index is 2.54. The lowest BCUT2D eigenvalue weighted by atomic mass is 9.98. The fourth-order valence-corrected chi connectivity index (χ4v) is 5.44. The Kier molecular flexibility index (Phi) is 3.38. The second kappa shape index (κ2) is 5.25. The van der Waals surface area contributed by atoms with E-state index in [1.165, 1.54) is 46.5 Å². The van der Waals surface area contributed by atoms with E-state index in [1.54, 1.807) is 0 Å². The van der Waals surface area contributed by atoms with Gasteiger partial charge in [0.25, 0.3) is 0 Å². The topological polar surface area (TPSA) is 0 Å². The highest BCUT2D eigenvalue weighted by Crippen LogP contribution is 2.43. The highest BCUT2D eigenvalue weighted by Gasteiger charge is 2.16. The molecule has 0 radical (unpaired) electrons. The molecule has 0 atom stereocenters. The lowest BCUT2D eigenvalue weighted by Gasteiger charge is -2.11. The minimum atomic E-state index is 1.15. The number of aryl methyl sites for hydroxylation is 1. The molecule has 0 aliphatic heterocycles. The molecule has 1 heterocycles. The molecule has 0 bridgehead atoms. The summed E-state index contributed by atoms with van der Waals surface area (Å²) in [5.41, 5.74) is 1.53. The van der Waals surface area contributed by atoms with E-state index in [0.29, 0.717) is 0 Å². The van der Waals surface area contributed by atoms with E-state index in [0.717, 1.165) is 6.42 Å². The molecule has 3 aromatic carbocycles. The van der Waals surface area contributed by atoms with Crippen molar-refractivity contribution in [3.8, 4) is 0 Å². The summed E-state index contributed by atoms with van der Waals surface area (Å²) in [4.78, 5) is 0. The van der Waals surface area contributed by atoms with Crippen molar-refractivity contribution in [2.45, 2.75) is 19.8 Å². The first-order chi connectivity index (χ1) is 10.3. The number of benzene rings is 3. The maximum Gasteiger partial charge on any atom is 0.0437 e. The molecule has 4 aromatic rings. The Morgan fingerprint density at radius 3 is 2.33 bits per heavy atom. The zero-order chi connectivity index (χ0) is 14.4. The normalized spacial score (nSPS) is 11.7. The van der Waals surface area contributed by atoms with Crippen LogP contribution in [0.4, 0.5) is 0 Å². The molecule has 1 aromatic heterocycles. The molecule has 0 aliphatic carbocycles. The predicted octanol–water partition coefficient (Wildman–Crippen LogP) is 6.76. The second-order valence-corrected chi connectivity index (χ2v) is 7.52. The van der Waals surface area contributed by atoms with Crippen molar-refractivity contribution >= 4 is 64.9 Å². The number of hydrogen-bond donors (Lipinski definition) is 0. The number of rotatable bonds is 2. The van der Waals surface area contributed by atoms with Gasteiger partial charge in [0.05, 0.1) is 0 Å². The van der Waals surface area contributed by atoms with Gasteiger partial charge in [0.1, 0.15) is 0 Å². The van der Waals surface area contributed by atoms with Crippen LogP contribution in [0, 0.1) is 3.57 Å². The second-order valence-electron chi connectivity index (χ2n) is 5.39. The molecule has 21 heavy (non-hydrogen) atoms. The van der Waals surface area contributed by atoms with Crippen molar-refractivity contribution < 1.29 is 0 Å². The van der Waals surface area contributed by atoms with Crippen LogP contribution in [-0.2, 0) is 6.42 Å². The van der Waals surface area contributed by atoms with Gasteiger partial charge in [-0.25, -0.2) is 0 Å². The predicted molar refractivity (Wildman–Crippen MR) is 104 cm³/mol. The van der Waals surface area contributed by atoms with E-state index in [9.17, 15) is 0 Å². The molecule has 0 saturated heterocycles. The quantitative estimate of drug-likeness (QED) is 0.325. The van der Waals surface area contributed by atoms with Crippen molar-refractivity contribution in [1.29, 1.82) is 0 Å². The van der Waals surface area contributed by atoms with Crippen molar-refractivity contribution in [3.63, 3.8) is 0 Å². The number of fused-ring (bicyclic) bond motifs is 5. The van der Waals surface area contributed by atoms with Crippen LogP contribution in [0.3, 0.4) is 0 Å². The zero-order valence-corrected chi connectivity index (χ0v) is 14.8. The third-order valence-electron chi connectivity index (χ3n) is 4.07. The van der Waals surface area contributed by atoms with Gasteiger partial charge >= 0.3 is 0 Å². The molecule has 104 valence electrons. The van der Waals surface area contributed by atoms with Crippen LogP contribution in [0.2, 0.25) is 0 Å². The largest absolute Gasteiger partial charge is 0.135 e. The van der Waals surface area contributed by atoms with Crippen LogP contribution in [0.5, 0.6) is 0 Å². The van der Waals surface area contributed by atoms with E-state index in [-0.39, 0.29) is 0 Å². The van der Waals surface area contributed by atoms with Crippen LogP contribution in [0.15, 0.2) is 48.5 Å². The van der Waals surface area contributed by atoms with Gasteiger partial charge in [-0.15, -0.1) is 11.3 Å². The van der Waals surface area contributed by atoms with E-state index < -0.39 is 0 Å². The summed E-state index contributed by atoms with van der Waals surface area (Å²) >= 11 is 4.48. The summed E-state index contributed by atoms with van der Waals surface area (Å²) in [7, 11) is 0. The average Bonchev–Trinajstić information content (AvgIpc) is 2.91. The molecule has 0 fully saturated rings. The molecule has 2 heteroatoms. The highest BCUT2D eigenvalue weighted by molar-refractivity contribution is 14.1. The Labute approximate surface area is 141 Å². The monoisotopic (exact) mass is 402 g/mol. The summed E-state index contributed by atoms with van der Waals surface area (Å²) in [5, 5.41) is 5.71. The van der Waals surface area contributed by atoms with Crippen molar-refractivity contribution in [3.05, 3.63) is 57.7 Å². The van der Waals surface area contributed by atoms with Crippen LogP contribution < -0.4 is 0 Å². The number of halogens is 1. The Morgan fingerprint density at radius 1 is 0.905 bits per heavy atom. The Bertz CT molecular complexity index is 965. The fourth-order valence-electron chi connectivity index (χ4n) is 3.16. The average molecular weight is 402 g/mol. The standard InChI is InChI=1S/C19H15IS/c1-2-7-15-17-14-10-5-6-11-16(14)21-19(17)13-9-4-3-8-12(13)18(15)20/h3-6,8-11H,2,7H2,1H3. The molecule has 0 saturated carbocycles. The summed E-state index contributed by atoms with van der Waals surface area (Å²) in [5.74, 6) is 0. The molecule has 0 amide bonds. The number of thiophene rings is 1. The van der Waals surface area contributed by atoms with Gasteiger partial charge in [-0.05, 0) is 46.0 Å². The summed E-state index contributed by atoms with van der Waals surface area (Å²) < 4.78 is 4.29. The number of hydrogen-bond acceptors (Lipinski definition) is 1. The molecule has 0 N–H and O–H groups in total. The van der Waals surface area contributed by atoms with Crippen LogP contribution >= 0.6 is 33.9 Å². The van der Waals surface area contributed by atoms with E-state index in [1.807, 2.05) is 11.3 Å². The van der Waals surface area contributed by atoms with Crippen molar-refractivity contribution in [1.82, 2.24) is 0 Å². The highest BCUT2D eigenvalue weighted by atomic mass is 127.